The predicted octanol–water partition coefficient (Wildman–Crippen LogP) is 4.10. The van der Waals surface area contributed by atoms with Crippen LogP contribution in [-0.4, -0.2) is 23.5 Å². The average molecular weight is 358 g/mol. The number of aryl methyl sites for hydroxylation is 2. The maximum atomic E-state index is 12.4. The number of nitrogens with one attached hydrogen (secondary N) is 1. The second-order valence-corrected chi connectivity index (χ2v) is 6.99. The van der Waals surface area contributed by atoms with Gasteiger partial charge in [-0.1, -0.05) is 35.9 Å². The fraction of sp³-hybridized carbons (Fsp3) is 0.217. The summed E-state index contributed by atoms with van der Waals surface area (Å²) in [6.45, 7) is 4.51. The normalized spacial score (nSPS) is 15.1. The van der Waals surface area contributed by atoms with Crippen molar-refractivity contribution in [3.8, 4) is 17.0 Å². The first-order chi connectivity index (χ1) is 13.1. The molecule has 0 radical (unpaired) electrons. The van der Waals surface area contributed by atoms with E-state index in [9.17, 15) is 4.79 Å². The van der Waals surface area contributed by atoms with E-state index >= 15 is 0 Å². The molecule has 1 aliphatic heterocycles. The van der Waals surface area contributed by atoms with E-state index < -0.39 is 0 Å². The molecule has 0 saturated carbocycles. The van der Waals surface area contributed by atoms with Crippen LogP contribution in [0.15, 0.2) is 60.8 Å². The highest BCUT2D eigenvalue weighted by Gasteiger charge is 2.27. The van der Waals surface area contributed by atoms with Crippen molar-refractivity contribution in [2.75, 3.05) is 6.54 Å². The van der Waals surface area contributed by atoms with Crippen molar-refractivity contribution < 1.29 is 9.53 Å². The van der Waals surface area contributed by atoms with Crippen molar-refractivity contribution in [3.63, 3.8) is 0 Å². The van der Waals surface area contributed by atoms with Gasteiger partial charge in [0.2, 0.25) is 0 Å². The van der Waals surface area contributed by atoms with Crippen molar-refractivity contribution in [1.82, 2.24) is 10.3 Å². The van der Waals surface area contributed by atoms with Crippen LogP contribution >= 0.6 is 0 Å². The minimum Gasteiger partial charge on any atom is -0.487 e. The van der Waals surface area contributed by atoms with Crippen molar-refractivity contribution in [2.24, 2.45) is 0 Å². The Morgan fingerprint density at radius 2 is 2.00 bits per heavy atom. The first-order valence-corrected chi connectivity index (χ1v) is 9.17. The summed E-state index contributed by atoms with van der Waals surface area (Å²) in [7, 11) is 0. The molecule has 1 aromatic heterocycles. The second-order valence-electron chi connectivity index (χ2n) is 6.99. The number of fused-ring (bicyclic) bond motifs is 1. The number of hydrogen-bond donors (Lipinski definition) is 1. The molecule has 1 unspecified atom stereocenters. The first-order valence-electron chi connectivity index (χ1n) is 9.17. The summed E-state index contributed by atoms with van der Waals surface area (Å²) in [6.07, 6.45) is 2.51. The summed E-state index contributed by atoms with van der Waals surface area (Å²) >= 11 is 0. The van der Waals surface area contributed by atoms with Gasteiger partial charge in [-0.3, -0.25) is 9.78 Å². The van der Waals surface area contributed by atoms with Crippen LogP contribution in [0.25, 0.3) is 11.3 Å². The Balaban J connectivity index is 1.48. The molecule has 4 heteroatoms. The molecule has 1 atom stereocenters. The zero-order valence-electron chi connectivity index (χ0n) is 15.5. The van der Waals surface area contributed by atoms with Crippen LogP contribution in [0.3, 0.4) is 0 Å². The van der Waals surface area contributed by atoms with Gasteiger partial charge in [0.25, 0.3) is 5.91 Å². The molecule has 2 aromatic carbocycles. The summed E-state index contributed by atoms with van der Waals surface area (Å²) in [5, 5.41) is 2.99. The Hall–Kier alpha value is -3.14. The van der Waals surface area contributed by atoms with E-state index in [4.69, 9.17) is 4.74 Å². The Bertz CT molecular complexity index is 997. The van der Waals surface area contributed by atoms with Gasteiger partial charge in [0.15, 0.2) is 0 Å². The van der Waals surface area contributed by atoms with Crippen LogP contribution in [0.4, 0.5) is 0 Å². The fourth-order valence-electron chi connectivity index (χ4n) is 3.50. The third-order valence-corrected chi connectivity index (χ3v) is 4.86. The molecule has 0 bridgehead atoms. The van der Waals surface area contributed by atoms with Crippen LogP contribution < -0.4 is 10.1 Å². The first kappa shape index (κ1) is 17.3. The molecule has 1 amide bonds. The van der Waals surface area contributed by atoms with E-state index in [1.165, 1.54) is 0 Å². The van der Waals surface area contributed by atoms with Gasteiger partial charge in [-0.2, -0.15) is 0 Å². The highest BCUT2D eigenvalue weighted by Crippen LogP contribution is 2.38. The number of nitrogens with zero attached hydrogens (tertiary/aromatic N) is 1. The average Bonchev–Trinajstić information content (AvgIpc) is 3.10. The zero-order valence-corrected chi connectivity index (χ0v) is 15.5. The largest absolute Gasteiger partial charge is 0.487 e. The summed E-state index contributed by atoms with van der Waals surface area (Å²) in [5.74, 6) is 0.813. The van der Waals surface area contributed by atoms with Gasteiger partial charge in [0, 0.05) is 23.7 Å². The standard InChI is InChI=1S/C23H22N2O2/c1-15-6-3-9-18(12-15)23(26)25-14-19-13-17-8-4-10-20(22(17)27-19)21-16(2)7-5-11-24-21/h3-12,19H,13-14H2,1-2H3,(H,25,26). The summed E-state index contributed by atoms with van der Waals surface area (Å²) < 4.78 is 6.20. The van der Waals surface area contributed by atoms with Crippen LogP contribution in [0.2, 0.25) is 0 Å². The quantitative estimate of drug-likeness (QED) is 0.764. The number of carbonyl (C=O) groups is 1. The molecule has 4 nitrogen and oxygen atoms in total. The Morgan fingerprint density at radius 1 is 1.15 bits per heavy atom. The Labute approximate surface area is 159 Å². The summed E-state index contributed by atoms with van der Waals surface area (Å²) in [6, 6.07) is 17.8. The Kier molecular flexibility index (Phi) is 4.63. The molecule has 0 spiro atoms. The topological polar surface area (TPSA) is 51.2 Å². The lowest BCUT2D eigenvalue weighted by Crippen LogP contribution is -2.34. The molecule has 2 heterocycles. The van der Waals surface area contributed by atoms with E-state index in [-0.39, 0.29) is 12.0 Å². The Morgan fingerprint density at radius 3 is 2.81 bits per heavy atom. The number of para-hydroxylation sites is 1. The molecule has 0 saturated heterocycles. The van der Waals surface area contributed by atoms with Gasteiger partial charge in [0.05, 0.1) is 12.2 Å². The lowest BCUT2D eigenvalue weighted by atomic mass is 10.0. The molecule has 27 heavy (non-hydrogen) atoms. The number of benzene rings is 2. The molecule has 4 rings (SSSR count). The minimum atomic E-state index is -0.0704. The molecule has 136 valence electrons. The fourth-order valence-corrected chi connectivity index (χ4v) is 3.50. The molecule has 0 aliphatic carbocycles. The molecular weight excluding hydrogens is 336 g/mol. The van der Waals surface area contributed by atoms with E-state index in [0.29, 0.717) is 12.1 Å². The van der Waals surface area contributed by atoms with Crippen LogP contribution in [0.1, 0.15) is 27.0 Å². The second kappa shape index (κ2) is 7.23. The molecule has 1 aliphatic rings. The molecule has 1 N–H and O–H groups in total. The number of hydrogen-bond acceptors (Lipinski definition) is 3. The number of ether oxygens (including phenoxy) is 1. The zero-order chi connectivity index (χ0) is 18.8. The number of aromatic nitrogens is 1. The SMILES string of the molecule is Cc1cccc(C(=O)NCC2Cc3cccc(-c4ncccc4C)c3O2)c1. The number of amides is 1. The monoisotopic (exact) mass is 358 g/mol. The number of rotatable bonds is 4. The van der Waals surface area contributed by atoms with Crippen molar-refractivity contribution in [1.29, 1.82) is 0 Å². The van der Waals surface area contributed by atoms with E-state index in [1.807, 2.05) is 49.4 Å². The van der Waals surface area contributed by atoms with E-state index in [1.54, 1.807) is 6.20 Å². The molecule has 0 fully saturated rings. The van der Waals surface area contributed by atoms with Gasteiger partial charge < -0.3 is 10.1 Å². The summed E-state index contributed by atoms with van der Waals surface area (Å²) in [5.41, 5.74) is 5.98. The molecular formula is C23H22N2O2. The van der Waals surface area contributed by atoms with Gasteiger partial charge >= 0.3 is 0 Å². The lowest BCUT2D eigenvalue weighted by Gasteiger charge is -2.14. The minimum absolute atomic E-state index is 0.0703. The smallest absolute Gasteiger partial charge is 0.251 e. The number of carbonyl (C=O) groups excluding carboxylic acids is 1. The third-order valence-electron chi connectivity index (χ3n) is 4.86. The third kappa shape index (κ3) is 3.56. The van der Waals surface area contributed by atoms with Crippen LogP contribution in [0, 0.1) is 13.8 Å². The highest BCUT2D eigenvalue weighted by atomic mass is 16.5. The van der Waals surface area contributed by atoms with Crippen molar-refractivity contribution >= 4 is 5.91 Å². The van der Waals surface area contributed by atoms with Gasteiger partial charge in [-0.15, -0.1) is 0 Å². The highest BCUT2D eigenvalue weighted by molar-refractivity contribution is 5.94. The van der Waals surface area contributed by atoms with Crippen LogP contribution in [-0.2, 0) is 6.42 Å². The van der Waals surface area contributed by atoms with Crippen LogP contribution in [0.5, 0.6) is 5.75 Å². The van der Waals surface area contributed by atoms with Crippen molar-refractivity contribution in [3.05, 3.63) is 83.0 Å². The number of pyridine rings is 1. The maximum absolute atomic E-state index is 12.4. The summed E-state index contributed by atoms with van der Waals surface area (Å²) in [4.78, 5) is 16.9. The van der Waals surface area contributed by atoms with E-state index in [2.05, 4.69) is 29.4 Å². The predicted molar refractivity (Wildman–Crippen MR) is 106 cm³/mol. The van der Waals surface area contributed by atoms with Gasteiger partial charge in [-0.05, 0) is 49.2 Å². The maximum Gasteiger partial charge on any atom is 0.251 e. The lowest BCUT2D eigenvalue weighted by molar-refractivity contribution is 0.0933. The van der Waals surface area contributed by atoms with Crippen molar-refractivity contribution in [2.45, 2.75) is 26.4 Å². The molecule has 3 aromatic rings. The van der Waals surface area contributed by atoms with E-state index in [0.717, 1.165) is 40.1 Å². The van der Waals surface area contributed by atoms with Gasteiger partial charge in [0.1, 0.15) is 11.9 Å². The van der Waals surface area contributed by atoms with Gasteiger partial charge in [-0.25, -0.2) is 0 Å².